The first kappa shape index (κ1) is 19.6. The zero-order chi connectivity index (χ0) is 19.4. The molecule has 2 amide bonds. The van der Waals surface area contributed by atoms with Crippen LogP contribution in [0.25, 0.3) is 0 Å². The monoisotopic (exact) mass is 403 g/mol. The number of nitrogens with zero attached hydrogens (tertiary/aromatic N) is 2. The maximum atomic E-state index is 12.5. The predicted molar refractivity (Wildman–Crippen MR) is 112 cm³/mol. The Kier molecular flexibility index (Phi) is 6.31. The lowest BCUT2D eigenvalue weighted by Gasteiger charge is -2.19. The molecule has 1 N–H and O–H groups in total. The summed E-state index contributed by atoms with van der Waals surface area (Å²) >= 11 is 7.50. The van der Waals surface area contributed by atoms with Crippen molar-refractivity contribution in [2.24, 2.45) is 0 Å². The maximum Gasteiger partial charge on any atom is 0.238 e. The van der Waals surface area contributed by atoms with Gasteiger partial charge in [0.05, 0.1) is 10.9 Å². The predicted octanol–water partition coefficient (Wildman–Crippen LogP) is 3.94. The molecule has 0 bridgehead atoms. The summed E-state index contributed by atoms with van der Waals surface area (Å²) < 4.78 is 0.741. The van der Waals surface area contributed by atoms with Gasteiger partial charge in [-0.15, -0.1) is 17.9 Å². The summed E-state index contributed by atoms with van der Waals surface area (Å²) in [6.45, 7) is 7.55. The molecule has 142 valence electrons. The van der Waals surface area contributed by atoms with E-state index in [1.807, 2.05) is 35.2 Å². The highest BCUT2D eigenvalue weighted by Crippen LogP contribution is 2.30. The Balaban J connectivity index is 1.62. The van der Waals surface area contributed by atoms with Crippen LogP contribution >= 0.6 is 22.9 Å². The van der Waals surface area contributed by atoms with Crippen LogP contribution in [0.2, 0.25) is 4.34 Å². The van der Waals surface area contributed by atoms with Crippen LogP contribution < -0.4 is 10.2 Å². The Morgan fingerprint density at radius 1 is 1.37 bits per heavy atom. The Labute approximate surface area is 168 Å². The van der Waals surface area contributed by atoms with E-state index < -0.39 is 0 Å². The van der Waals surface area contributed by atoms with Crippen LogP contribution in [0.4, 0.5) is 11.4 Å². The molecule has 2 heterocycles. The molecular weight excluding hydrogens is 382 g/mol. The van der Waals surface area contributed by atoms with E-state index in [0.29, 0.717) is 19.6 Å². The molecule has 0 unspecified atom stereocenters. The van der Waals surface area contributed by atoms with Gasteiger partial charge in [0.1, 0.15) is 0 Å². The average Bonchev–Trinajstić information content (AvgIpc) is 3.20. The molecule has 0 saturated heterocycles. The lowest BCUT2D eigenvalue weighted by molar-refractivity contribution is -0.117. The van der Waals surface area contributed by atoms with E-state index in [4.69, 9.17) is 11.6 Å². The molecule has 0 saturated carbocycles. The molecule has 1 aromatic carbocycles. The van der Waals surface area contributed by atoms with E-state index in [0.717, 1.165) is 32.6 Å². The zero-order valence-corrected chi connectivity index (χ0v) is 16.8. The van der Waals surface area contributed by atoms with Gasteiger partial charge < -0.3 is 10.2 Å². The van der Waals surface area contributed by atoms with Crippen LogP contribution in [0.1, 0.15) is 17.4 Å². The van der Waals surface area contributed by atoms with Crippen LogP contribution in [0.3, 0.4) is 0 Å². The lowest BCUT2D eigenvalue weighted by atomic mass is 10.1. The van der Waals surface area contributed by atoms with Crippen molar-refractivity contribution in [2.45, 2.75) is 19.9 Å². The Morgan fingerprint density at radius 3 is 2.85 bits per heavy atom. The number of hydrogen-bond acceptors (Lipinski definition) is 4. The molecule has 1 aliphatic rings. The van der Waals surface area contributed by atoms with Crippen molar-refractivity contribution in [3.8, 4) is 0 Å². The highest BCUT2D eigenvalue weighted by atomic mass is 35.5. The van der Waals surface area contributed by atoms with E-state index in [9.17, 15) is 9.59 Å². The van der Waals surface area contributed by atoms with E-state index in [-0.39, 0.29) is 18.4 Å². The van der Waals surface area contributed by atoms with Gasteiger partial charge >= 0.3 is 0 Å². The molecule has 5 nitrogen and oxygen atoms in total. The third kappa shape index (κ3) is 4.97. The number of hydrogen-bond donors (Lipinski definition) is 1. The zero-order valence-electron chi connectivity index (χ0n) is 15.2. The summed E-state index contributed by atoms with van der Waals surface area (Å²) in [4.78, 5) is 29.0. The molecule has 27 heavy (non-hydrogen) atoms. The number of rotatable bonds is 7. The summed E-state index contributed by atoms with van der Waals surface area (Å²) in [7, 11) is 0. The van der Waals surface area contributed by atoms with E-state index >= 15 is 0 Å². The van der Waals surface area contributed by atoms with E-state index in [1.54, 1.807) is 17.9 Å². The van der Waals surface area contributed by atoms with Crippen LogP contribution in [0.15, 0.2) is 43.0 Å². The van der Waals surface area contributed by atoms with Gasteiger partial charge in [0.15, 0.2) is 0 Å². The van der Waals surface area contributed by atoms with Crippen LogP contribution in [0, 0.1) is 0 Å². The second-order valence-corrected chi connectivity index (χ2v) is 8.28. The number of nitrogens with one attached hydrogen (secondary N) is 1. The van der Waals surface area contributed by atoms with E-state index in [1.165, 1.54) is 11.3 Å². The minimum Gasteiger partial charge on any atom is -0.325 e. The summed E-state index contributed by atoms with van der Waals surface area (Å²) in [6, 6.07) is 9.53. The molecule has 0 spiro atoms. The van der Waals surface area contributed by atoms with E-state index in [2.05, 4.69) is 11.9 Å². The van der Waals surface area contributed by atoms with Crippen molar-refractivity contribution in [2.75, 3.05) is 29.9 Å². The molecule has 7 heteroatoms. The molecule has 1 aliphatic heterocycles. The summed E-state index contributed by atoms with van der Waals surface area (Å²) in [5, 5.41) is 2.95. The fourth-order valence-corrected chi connectivity index (χ4v) is 4.36. The number of anilines is 2. The fourth-order valence-electron chi connectivity index (χ4n) is 3.23. The number of benzene rings is 1. The standard InChI is InChI=1S/C20H22ClN3O2S/c1-3-9-23(12-17-5-7-19(21)27-17)13-20(26)22-16-4-6-18-15(11-16)8-10-24(18)14(2)25/h3-7,11H,1,8-10,12-13H2,2H3,(H,22,26). The lowest BCUT2D eigenvalue weighted by Crippen LogP contribution is -2.32. The number of fused-ring (bicyclic) bond motifs is 1. The van der Waals surface area contributed by atoms with Gasteiger partial charge in [0, 0.05) is 42.8 Å². The second-order valence-electron chi connectivity index (χ2n) is 6.48. The molecule has 0 radical (unpaired) electrons. The van der Waals surface area contributed by atoms with Gasteiger partial charge in [-0.3, -0.25) is 14.5 Å². The number of thiophene rings is 1. The summed E-state index contributed by atoms with van der Waals surface area (Å²) in [6.07, 6.45) is 2.59. The summed E-state index contributed by atoms with van der Waals surface area (Å²) in [5.41, 5.74) is 2.77. The first-order valence-electron chi connectivity index (χ1n) is 8.74. The van der Waals surface area contributed by atoms with Crippen molar-refractivity contribution >= 4 is 46.1 Å². The molecule has 3 rings (SSSR count). The Morgan fingerprint density at radius 2 is 2.19 bits per heavy atom. The number of halogens is 1. The molecule has 0 aliphatic carbocycles. The number of amides is 2. The second kappa shape index (κ2) is 8.69. The van der Waals surface area contributed by atoms with Crippen LogP contribution in [0.5, 0.6) is 0 Å². The van der Waals surface area contributed by atoms with Gasteiger partial charge in [-0.1, -0.05) is 17.7 Å². The van der Waals surface area contributed by atoms with Gasteiger partial charge in [-0.05, 0) is 42.3 Å². The third-order valence-electron chi connectivity index (χ3n) is 4.40. The fraction of sp³-hybridized carbons (Fsp3) is 0.300. The third-order valence-corrected chi connectivity index (χ3v) is 5.62. The normalized spacial score (nSPS) is 12.9. The largest absolute Gasteiger partial charge is 0.325 e. The quantitative estimate of drug-likeness (QED) is 0.712. The molecule has 1 aromatic heterocycles. The van der Waals surface area contributed by atoms with Crippen molar-refractivity contribution in [1.29, 1.82) is 0 Å². The minimum absolute atomic E-state index is 0.0410. The molecular formula is C20H22ClN3O2S. The molecule has 0 fully saturated rings. The van der Waals surface area contributed by atoms with Gasteiger partial charge in [-0.2, -0.15) is 0 Å². The Hall–Kier alpha value is -2.15. The smallest absolute Gasteiger partial charge is 0.238 e. The van der Waals surface area contributed by atoms with Gasteiger partial charge in [-0.25, -0.2) is 0 Å². The highest BCUT2D eigenvalue weighted by molar-refractivity contribution is 7.16. The van der Waals surface area contributed by atoms with Crippen molar-refractivity contribution in [1.82, 2.24) is 4.90 Å². The van der Waals surface area contributed by atoms with Crippen molar-refractivity contribution in [3.05, 3.63) is 57.8 Å². The topological polar surface area (TPSA) is 52.7 Å². The highest BCUT2D eigenvalue weighted by Gasteiger charge is 2.22. The maximum absolute atomic E-state index is 12.5. The van der Waals surface area contributed by atoms with Crippen molar-refractivity contribution < 1.29 is 9.59 Å². The van der Waals surface area contributed by atoms with Gasteiger partial charge in [0.2, 0.25) is 11.8 Å². The average molecular weight is 404 g/mol. The summed E-state index contributed by atoms with van der Waals surface area (Å²) in [5.74, 6) is -0.0415. The first-order chi connectivity index (χ1) is 13.0. The Bertz CT molecular complexity index is 865. The van der Waals surface area contributed by atoms with Crippen molar-refractivity contribution in [3.63, 3.8) is 0 Å². The molecule has 0 atom stereocenters. The SMILES string of the molecule is C=CCN(CC(=O)Nc1ccc2c(c1)CCN2C(C)=O)Cc1ccc(Cl)s1. The minimum atomic E-state index is -0.0825. The first-order valence-corrected chi connectivity index (χ1v) is 9.94. The molecule has 2 aromatic rings. The number of carbonyl (C=O) groups excluding carboxylic acids is 2. The number of carbonyl (C=O) groups is 2. The van der Waals surface area contributed by atoms with Crippen LogP contribution in [-0.2, 0) is 22.6 Å². The van der Waals surface area contributed by atoms with Gasteiger partial charge in [0.25, 0.3) is 0 Å². The van der Waals surface area contributed by atoms with Crippen LogP contribution in [-0.4, -0.2) is 36.3 Å².